The average Bonchev–Trinajstić information content (AvgIpc) is 2.73. The summed E-state index contributed by atoms with van der Waals surface area (Å²) in [6.45, 7) is 1.96. The molecule has 0 saturated carbocycles. The number of amides is 1. The van der Waals surface area contributed by atoms with Gasteiger partial charge in [0.2, 0.25) is 0 Å². The number of aromatic hydroxyl groups is 1. The van der Waals surface area contributed by atoms with Crippen LogP contribution in [0.5, 0.6) is 5.75 Å². The van der Waals surface area contributed by atoms with Crippen LogP contribution in [0.1, 0.15) is 35.3 Å². The standard InChI is InChI=1S/C21H23N5O4/c1-3-14(12-8-5-4-6-9-12)23-17-16(20(29)25-26(2)21(17)30)24-15-11-7-10-13(18(15)27)19(22)28/h4-11,14,23-24,27H,3H2,1-2H3,(H2,22,28)(H,25,29)/t14-/m1/s1. The molecule has 0 radical (unpaired) electrons. The van der Waals surface area contributed by atoms with Crippen molar-refractivity contribution in [3.8, 4) is 5.75 Å². The number of H-pyrrole nitrogens is 1. The van der Waals surface area contributed by atoms with Crippen LogP contribution in [0.2, 0.25) is 0 Å². The number of benzene rings is 2. The molecule has 156 valence electrons. The van der Waals surface area contributed by atoms with Crippen molar-refractivity contribution < 1.29 is 9.90 Å². The third kappa shape index (κ3) is 4.04. The lowest BCUT2D eigenvalue weighted by Gasteiger charge is -2.21. The zero-order valence-electron chi connectivity index (χ0n) is 16.6. The molecule has 3 aromatic rings. The van der Waals surface area contributed by atoms with Crippen LogP contribution in [-0.2, 0) is 7.05 Å². The minimum Gasteiger partial charge on any atom is -0.505 e. The van der Waals surface area contributed by atoms with Crippen molar-refractivity contribution in [1.29, 1.82) is 0 Å². The number of nitrogens with zero attached hydrogens (tertiary/aromatic N) is 1. The van der Waals surface area contributed by atoms with Gasteiger partial charge in [-0.25, -0.2) is 0 Å². The molecule has 3 rings (SSSR count). The van der Waals surface area contributed by atoms with E-state index in [1.165, 1.54) is 25.2 Å². The summed E-state index contributed by atoms with van der Waals surface area (Å²) in [7, 11) is 1.44. The van der Waals surface area contributed by atoms with E-state index in [1.807, 2.05) is 37.3 Å². The molecule has 9 heteroatoms. The van der Waals surface area contributed by atoms with Crippen LogP contribution in [0, 0.1) is 0 Å². The summed E-state index contributed by atoms with van der Waals surface area (Å²) in [5.41, 5.74) is 5.11. The molecule has 0 aliphatic heterocycles. The van der Waals surface area contributed by atoms with E-state index in [0.717, 1.165) is 10.2 Å². The zero-order valence-corrected chi connectivity index (χ0v) is 16.6. The lowest BCUT2D eigenvalue weighted by Crippen LogP contribution is -2.32. The van der Waals surface area contributed by atoms with Crippen LogP contribution < -0.4 is 27.5 Å². The molecular formula is C21H23N5O4. The zero-order chi connectivity index (χ0) is 21.8. The van der Waals surface area contributed by atoms with Gasteiger partial charge in [0, 0.05) is 7.05 Å². The molecule has 9 nitrogen and oxygen atoms in total. The van der Waals surface area contributed by atoms with E-state index in [0.29, 0.717) is 6.42 Å². The van der Waals surface area contributed by atoms with Crippen LogP contribution in [0.3, 0.4) is 0 Å². The number of carbonyl (C=O) groups excluding carboxylic acids is 1. The first-order valence-electron chi connectivity index (χ1n) is 9.37. The molecular weight excluding hydrogens is 386 g/mol. The summed E-state index contributed by atoms with van der Waals surface area (Å²) in [5, 5.41) is 18.7. The summed E-state index contributed by atoms with van der Waals surface area (Å²) in [4.78, 5) is 37.0. The molecule has 0 aliphatic carbocycles. The van der Waals surface area contributed by atoms with Crippen molar-refractivity contribution in [1.82, 2.24) is 9.78 Å². The average molecular weight is 409 g/mol. The molecule has 1 amide bonds. The number of nitrogens with one attached hydrogen (secondary N) is 3. The van der Waals surface area contributed by atoms with E-state index in [-0.39, 0.29) is 28.7 Å². The summed E-state index contributed by atoms with van der Waals surface area (Å²) < 4.78 is 1.08. The first-order valence-corrected chi connectivity index (χ1v) is 9.37. The van der Waals surface area contributed by atoms with Crippen molar-refractivity contribution >= 4 is 23.0 Å². The van der Waals surface area contributed by atoms with Gasteiger partial charge in [-0.1, -0.05) is 43.3 Å². The van der Waals surface area contributed by atoms with Crippen LogP contribution in [0.4, 0.5) is 17.1 Å². The minimum atomic E-state index is -0.817. The molecule has 1 heterocycles. The Morgan fingerprint density at radius 3 is 2.47 bits per heavy atom. The Kier molecular flexibility index (Phi) is 5.91. The number of para-hydroxylation sites is 1. The van der Waals surface area contributed by atoms with Gasteiger partial charge in [-0.15, -0.1) is 0 Å². The largest absolute Gasteiger partial charge is 0.505 e. The van der Waals surface area contributed by atoms with Gasteiger partial charge in [-0.05, 0) is 24.1 Å². The third-order valence-electron chi connectivity index (χ3n) is 4.75. The van der Waals surface area contributed by atoms with Gasteiger partial charge in [0.25, 0.3) is 17.0 Å². The highest BCUT2D eigenvalue weighted by Gasteiger charge is 2.20. The van der Waals surface area contributed by atoms with E-state index in [2.05, 4.69) is 15.7 Å². The first-order chi connectivity index (χ1) is 14.3. The fraction of sp³-hybridized carbons (Fsp3) is 0.190. The molecule has 6 N–H and O–H groups in total. The van der Waals surface area contributed by atoms with Gasteiger partial charge < -0.3 is 21.5 Å². The van der Waals surface area contributed by atoms with Crippen LogP contribution in [-0.4, -0.2) is 20.8 Å². The Morgan fingerprint density at radius 2 is 1.83 bits per heavy atom. The molecule has 0 aliphatic rings. The number of anilines is 3. The lowest BCUT2D eigenvalue weighted by molar-refractivity contribution is 0.0998. The Hall–Kier alpha value is -4.01. The highest BCUT2D eigenvalue weighted by Crippen LogP contribution is 2.31. The number of carbonyl (C=O) groups is 1. The highest BCUT2D eigenvalue weighted by atomic mass is 16.3. The maximum atomic E-state index is 12.8. The predicted octanol–water partition coefficient (Wildman–Crippen LogP) is 2.18. The van der Waals surface area contributed by atoms with Crippen LogP contribution in [0.15, 0.2) is 58.1 Å². The smallest absolute Gasteiger partial charge is 0.290 e. The Morgan fingerprint density at radius 1 is 1.13 bits per heavy atom. The van der Waals surface area contributed by atoms with Crippen LogP contribution >= 0.6 is 0 Å². The van der Waals surface area contributed by atoms with E-state index in [9.17, 15) is 19.5 Å². The number of phenols is 1. The Balaban J connectivity index is 2.09. The second-order valence-electron chi connectivity index (χ2n) is 6.76. The summed E-state index contributed by atoms with van der Waals surface area (Å²) in [6.07, 6.45) is 0.655. The fourth-order valence-electron chi connectivity index (χ4n) is 3.16. The van der Waals surface area contributed by atoms with Gasteiger partial charge in [0.1, 0.15) is 11.4 Å². The second-order valence-corrected chi connectivity index (χ2v) is 6.76. The molecule has 2 aromatic carbocycles. The molecule has 0 unspecified atom stereocenters. The molecule has 30 heavy (non-hydrogen) atoms. The number of nitrogens with two attached hydrogens (primary N) is 1. The van der Waals surface area contributed by atoms with E-state index < -0.39 is 22.8 Å². The van der Waals surface area contributed by atoms with Gasteiger partial charge in [0.05, 0.1) is 17.3 Å². The number of hydrogen-bond donors (Lipinski definition) is 5. The van der Waals surface area contributed by atoms with Crippen molar-refractivity contribution in [3.05, 3.63) is 80.4 Å². The first kappa shape index (κ1) is 20.7. The molecule has 1 atom stereocenters. The molecule has 0 spiro atoms. The van der Waals surface area contributed by atoms with Gasteiger partial charge in [0.15, 0.2) is 5.75 Å². The van der Waals surface area contributed by atoms with Crippen LogP contribution in [0.25, 0.3) is 0 Å². The van der Waals surface area contributed by atoms with Gasteiger partial charge in [-0.3, -0.25) is 24.2 Å². The van der Waals surface area contributed by atoms with Crippen molar-refractivity contribution in [2.75, 3.05) is 10.6 Å². The number of rotatable bonds is 7. The van der Waals surface area contributed by atoms with Crippen molar-refractivity contribution in [3.63, 3.8) is 0 Å². The summed E-state index contributed by atoms with van der Waals surface area (Å²) in [5.74, 6) is -1.23. The van der Waals surface area contributed by atoms with Gasteiger partial charge in [-0.2, -0.15) is 0 Å². The number of aromatic amines is 1. The summed E-state index contributed by atoms with van der Waals surface area (Å²) in [6, 6.07) is 13.6. The second kappa shape index (κ2) is 8.56. The lowest BCUT2D eigenvalue weighted by atomic mass is 10.0. The van der Waals surface area contributed by atoms with E-state index in [1.54, 1.807) is 0 Å². The topological polar surface area (TPSA) is 142 Å². The normalized spacial score (nSPS) is 11.7. The van der Waals surface area contributed by atoms with Crippen molar-refractivity contribution in [2.45, 2.75) is 19.4 Å². The fourth-order valence-corrected chi connectivity index (χ4v) is 3.16. The van der Waals surface area contributed by atoms with E-state index >= 15 is 0 Å². The Bertz CT molecular complexity index is 1180. The number of primary amides is 1. The maximum Gasteiger partial charge on any atom is 0.290 e. The number of hydrogen-bond acceptors (Lipinski definition) is 6. The molecule has 0 bridgehead atoms. The van der Waals surface area contributed by atoms with Crippen molar-refractivity contribution in [2.24, 2.45) is 12.8 Å². The van der Waals surface area contributed by atoms with E-state index in [4.69, 9.17) is 5.73 Å². The molecule has 1 aromatic heterocycles. The molecule has 0 saturated heterocycles. The monoisotopic (exact) mass is 409 g/mol. The number of aryl methyl sites for hydroxylation is 1. The highest BCUT2D eigenvalue weighted by molar-refractivity contribution is 5.98. The quantitative estimate of drug-likeness (QED) is 0.379. The maximum absolute atomic E-state index is 12.8. The number of aromatic nitrogens is 2. The third-order valence-corrected chi connectivity index (χ3v) is 4.75. The SMILES string of the molecule is CC[C@@H](Nc1c(Nc2cccc(C(N)=O)c2O)c(=O)[nH]n(C)c1=O)c1ccccc1. The predicted molar refractivity (Wildman–Crippen MR) is 115 cm³/mol. The molecule has 0 fully saturated rings. The van der Waals surface area contributed by atoms with Gasteiger partial charge >= 0.3 is 0 Å². The minimum absolute atomic E-state index is 0.0424. The Labute approximate surface area is 172 Å². The summed E-state index contributed by atoms with van der Waals surface area (Å²) >= 11 is 0.